The minimum atomic E-state index is -0.643. The highest BCUT2D eigenvalue weighted by molar-refractivity contribution is 5.87. The van der Waals surface area contributed by atoms with E-state index in [2.05, 4.69) is 10.6 Å². The molecule has 0 heterocycles. The number of aromatic hydroxyl groups is 1. The molecule has 4 amide bonds. The predicted octanol–water partition coefficient (Wildman–Crippen LogP) is 1.74. The largest absolute Gasteiger partial charge is 0.508 e. The lowest BCUT2D eigenvalue weighted by molar-refractivity contribution is 0.248. The van der Waals surface area contributed by atoms with Crippen LogP contribution in [0.5, 0.6) is 5.75 Å². The van der Waals surface area contributed by atoms with E-state index in [9.17, 15) is 9.59 Å². The van der Waals surface area contributed by atoms with Crippen LogP contribution in [-0.2, 0) is 6.54 Å². The van der Waals surface area contributed by atoms with Crippen molar-refractivity contribution in [1.29, 1.82) is 0 Å². The first-order valence-corrected chi connectivity index (χ1v) is 6.40. The van der Waals surface area contributed by atoms with Gasteiger partial charge in [-0.2, -0.15) is 0 Å². The SMILES string of the molecule is NC(=O)NCc1ccccc1.NC(=O)Nc1cccc(O)c1. The number of carbonyl (C=O) groups is 2. The predicted molar refractivity (Wildman–Crippen MR) is 84.2 cm³/mol. The number of urea groups is 2. The quantitative estimate of drug-likeness (QED) is 0.591. The lowest BCUT2D eigenvalue weighted by Crippen LogP contribution is -2.28. The van der Waals surface area contributed by atoms with Crippen LogP contribution >= 0.6 is 0 Å². The summed E-state index contributed by atoms with van der Waals surface area (Å²) in [5.74, 6) is 0.0938. The van der Waals surface area contributed by atoms with Gasteiger partial charge in [0.25, 0.3) is 0 Å². The highest BCUT2D eigenvalue weighted by Crippen LogP contribution is 2.14. The second kappa shape index (κ2) is 8.85. The van der Waals surface area contributed by atoms with Crippen molar-refractivity contribution < 1.29 is 14.7 Å². The van der Waals surface area contributed by atoms with Crippen LogP contribution in [0.1, 0.15) is 5.56 Å². The third kappa shape index (κ3) is 7.39. The maximum Gasteiger partial charge on any atom is 0.316 e. The van der Waals surface area contributed by atoms with Gasteiger partial charge in [0.05, 0.1) is 0 Å². The summed E-state index contributed by atoms with van der Waals surface area (Å²) < 4.78 is 0. The third-order valence-corrected chi connectivity index (χ3v) is 2.42. The molecule has 116 valence electrons. The number of nitrogens with one attached hydrogen (secondary N) is 2. The zero-order valence-corrected chi connectivity index (χ0v) is 11.8. The van der Waals surface area contributed by atoms with E-state index >= 15 is 0 Å². The van der Waals surface area contributed by atoms with E-state index in [1.807, 2.05) is 30.3 Å². The maximum atomic E-state index is 10.3. The van der Waals surface area contributed by atoms with Crippen LogP contribution < -0.4 is 22.1 Å². The van der Waals surface area contributed by atoms with Crippen LogP contribution in [0.4, 0.5) is 15.3 Å². The fourth-order valence-corrected chi connectivity index (χ4v) is 1.51. The van der Waals surface area contributed by atoms with E-state index in [1.165, 1.54) is 12.1 Å². The summed E-state index contributed by atoms with van der Waals surface area (Å²) >= 11 is 0. The van der Waals surface area contributed by atoms with Gasteiger partial charge in [-0.3, -0.25) is 0 Å². The third-order valence-electron chi connectivity index (χ3n) is 2.42. The molecule has 0 aliphatic carbocycles. The molecule has 7 N–H and O–H groups in total. The molecule has 7 heteroatoms. The molecule has 0 bridgehead atoms. The van der Waals surface area contributed by atoms with E-state index in [4.69, 9.17) is 16.6 Å². The molecule has 0 aliphatic heterocycles. The van der Waals surface area contributed by atoms with Crippen molar-refractivity contribution in [3.05, 3.63) is 60.2 Å². The Hall–Kier alpha value is -3.22. The number of hydrogen-bond donors (Lipinski definition) is 5. The number of anilines is 1. The van der Waals surface area contributed by atoms with Gasteiger partial charge in [0.1, 0.15) is 5.75 Å². The summed E-state index contributed by atoms with van der Waals surface area (Å²) in [7, 11) is 0. The van der Waals surface area contributed by atoms with Crippen molar-refractivity contribution in [3.63, 3.8) is 0 Å². The van der Waals surface area contributed by atoms with E-state index in [1.54, 1.807) is 12.1 Å². The molecule has 0 atom stereocenters. The first-order chi connectivity index (χ1) is 10.5. The Morgan fingerprint density at radius 1 is 0.955 bits per heavy atom. The van der Waals surface area contributed by atoms with Crippen molar-refractivity contribution in [2.75, 3.05) is 5.32 Å². The minimum Gasteiger partial charge on any atom is -0.508 e. The van der Waals surface area contributed by atoms with Crippen molar-refractivity contribution in [2.45, 2.75) is 6.54 Å². The van der Waals surface area contributed by atoms with E-state index in [0.29, 0.717) is 12.2 Å². The first kappa shape index (κ1) is 16.8. The number of phenols is 1. The zero-order valence-electron chi connectivity index (χ0n) is 11.8. The van der Waals surface area contributed by atoms with Crippen LogP contribution in [-0.4, -0.2) is 17.2 Å². The minimum absolute atomic E-state index is 0.0938. The van der Waals surface area contributed by atoms with Gasteiger partial charge in [-0.25, -0.2) is 9.59 Å². The molecule has 0 spiro atoms. The van der Waals surface area contributed by atoms with Crippen molar-refractivity contribution in [2.24, 2.45) is 11.5 Å². The Morgan fingerprint density at radius 3 is 2.18 bits per heavy atom. The number of hydrogen-bond acceptors (Lipinski definition) is 3. The fourth-order valence-electron chi connectivity index (χ4n) is 1.51. The van der Waals surface area contributed by atoms with Gasteiger partial charge in [0, 0.05) is 18.3 Å². The average molecular weight is 302 g/mol. The monoisotopic (exact) mass is 302 g/mol. The Bertz CT molecular complexity index is 617. The highest BCUT2D eigenvalue weighted by Gasteiger charge is 1.95. The zero-order chi connectivity index (χ0) is 16.4. The second-order valence-corrected chi connectivity index (χ2v) is 4.24. The molecule has 2 rings (SSSR count). The summed E-state index contributed by atoms with van der Waals surface area (Å²) in [5, 5.41) is 13.8. The van der Waals surface area contributed by atoms with Crippen LogP contribution in [0.15, 0.2) is 54.6 Å². The molecule has 22 heavy (non-hydrogen) atoms. The van der Waals surface area contributed by atoms with Crippen LogP contribution in [0.25, 0.3) is 0 Å². The lowest BCUT2D eigenvalue weighted by atomic mass is 10.2. The number of phenolic OH excluding ortho intramolecular Hbond substituents is 1. The van der Waals surface area contributed by atoms with Crippen molar-refractivity contribution in [3.8, 4) is 5.75 Å². The van der Waals surface area contributed by atoms with Gasteiger partial charge in [0.2, 0.25) is 0 Å². The summed E-state index contributed by atoms with van der Waals surface area (Å²) in [6.45, 7) is 0.496. The molecule has 0 saturated carbocycles. The Kier molecular flexibility index (Phi) is 6.77. The average Bonchev–Trinajstić information content (AvgIpc) is 2.46. The summed E-state index contributed by atoms with van der Waals surface area (Å²) in [6.07, 6.45) is 0. The first-order valence-electron chi connectivity index (χ1n) is 6.40. The maximum absolute atomic E-state index is 10.3. The number of nitrogens with two attached hydrogens (primary N) is 2. The normalized spacial score (nSPS) is 9.09. The van der Waals surface area contributed by atoms with Crippen LogP contribution in [0.3, 0.4) is 0 Å². The summed E-state index contributed by atoms with van der Waals surface area (Å²) in [6, 6.07) is 14.6. The lowest BCUT2D eigenvalue weighted by Gasteiger charge is -2.00. The second-order valence-electron chi connectivity index (χ2n) is 4.24. The molecule has 2 aromatic rings. The topological polar surface area (TPSA) is 130 Å². The number of carbonyl (C=O) groups excluding carboxylic acids is 2. The molecule has 0 aromatic heterocycles. The van der Waals surface area contributed by atoms with Gasteiger partial charge < -0.3 is 27.2 Å². The molecular weight excluding hydrogens is 284 g/mol. The molecule has 2 aromatic carbocycles. The number of primary amides is 2. The smallest absolute Gasteiger partial charge is 0.316 e. The molecule has 0 saturated heterocycles. The molecular formula is C15H18N4O3. The molecule has 0 radical (unpaired) electrons. The Labute approximate surface area is 127 Å². The Balaban J connectivity index is 0.000000220. The van der Waals surface area contributed by atoms with Crippen molar-refractivity contribution >= 4 is 17.7 Å². The van der Waals surface area contributed by atoms with Gasteiger partial charge in [-0.15, -0.1) is 0 Å². The van der Waals surface area contributed by atoms with E-state index < -0.39 is 12.1 Å². The van der Waals surface area contributed by atoms with E-state index in [0.717, 1.165) is 5.56 Å². The van der Waals surface area contributed by atoms with Crippen LogP contribution in [0.2, 0.25) is 0 Å². The van der Waals surface area contributed by atoms with Gasteiger partial charge >= 0.3 is 12.1 Å². The number of benzene rings is 2. The molecule has 0 fully saturated rings. The molecule has 0 unspecified atom stereocenters. The van der Waals surface area contributed by atoms with Gasteiger partial charge in [-0.05, 0) is 17.7 Å². The van der Waals surface area contributed by atoms with Gasteiger partial charge in [0.15, 0.2) is 0 Å². The van der Waals surface area contributed by atoms with Crippen LogP contribution in [0, 0.1) is 0 Å². The number of rotatable bonds is 3. The fraction of sp³-hybridized carbons (Fsp3) is 0.0667. The molecule has 0 aliphatic rings. The number of amides is 4. The highest BCUT2D eigenvalue weighted by atomic mass is 16.3. The summed E-state index contributed by atoms with van der Waals surface area (Å²) in [5.41, 5.74) is 11.3. The standard InChI is InChI=1S/C8H10N2O.C7H8N2O2/c9-8(11)10-6-7-4-2-1-3-5-7;8-7(11)9-5-2-1-3-6(10)4-5/h1-5H,6H2,(H3,9,10,11);1-4,10H,(H3,8,9,11). The summed E-state index contributed by atoms with van der Waals surface area (Å²) in [4.78, 5) is 20.6. The van der Waals surface area contributed by atoms with Gasteiger partial charge in [-0.1, -0.05) is 36.4 Å². The molecule has 7 nitrogen and oxygen atoms in total. The van der Waals surface area contributed by atoms with Crippen molar-refractivity contribution in [1.82, 2.24) is 5.32 Å². The van der Waals surface area contributed by atoms with E-state index in [-0.39, 0.29) is 5.75 Å². The Morgan fingerprint density at radius 2 is 1.64 bits per heavy atom.